The summed E-state index contributed by atoms with van der Waals surface area (Å²) in [5.74, 6) is -0.313. The van der Waals surface area contributed by atoms with Gasteiger partial charge in [0.25, 0.3) is 0 Å². The van der Waals surface area contributed by atoms with Crippen LogP contribution in [0.1, 0.15) is 17.2 Å². The van der Waals surface area contributed by atoms with E-state index in [9.17, 15) is 9.50 Å². The van der Waals surface area contributed by atoms with E-state index in [0.717, 1.165) is 20.1 Å². The number of aliphatic hydroxyl groups excluding tert-OH is 1. The second-order valence-electron chi connectivity index (χ2n) is 4.20. The van der Waals surface area contributed by atoms with Crippen LogP contribution in [-0.4, -0.2) is 5.11 Å². The molecule has 0 radical (unpaired) electrons. The highest BCUT2D eigenvalue weighted by atomic mass is 79.9. The van der Waals surface area contributed by atoms with E-state index < -0.39 is 6.10 Å². The fourth-order valence-corrected chi connectivity index (χ4v) is 3.68. The van der Waals surface area contributed by atoms with Gasteiger partial charge in [-0.05, 0) is 47.5 Å². The van der Waals surface area contributed by atoms with Crippen LogP contribution in [0.15, 0.2) is 49.8 Å². The predicted molar refractivity (Wildman–Crippen MR) is 84.6 cm³/mol. The van der Waals surface area contributed by atoms with E-state index in [1.807, 2.05) is 18.2 Å². The first-order valence-corrected chi connectivity index (χ1v) is 7.91. The molecule has 0 fully saturated rings. The van der Waals surface area contributed by atoms with E-state index in [2.05, 4.69) is 47.8 Å². The fourth-order valence-electron chi connectivity index (χ4n) is 1.84. The molecule has 0 saturated carbocycles. The molecule has 0 saturated heterocycles. The van der Waals surface area contributed by atoms with Gasteiger partial charge in [0.15, 0.2) is 0 Å². The molecule has 2 aromatic rings. The molecule has 1 N–H and O–H groups in total. The van der Waals surface area contributed by atoms with Gasteiger partial charge in [-0.25, -0.2) is 4.39 Å². The Morgan fingerprint density at radius 1 is 0.895 bits per heavy atom. The zero-order valence-corrected chi connectivity index (χ0v) is 14.5. The largest absolute Gasteiger partial charge is 0.388 e. The standard InChI is InChI=1S/C14H10Br3FO/c15-10-1-8(2-13(18)7-10)3-14(19)9-4-11(16)6-12(17)5-9/h1-2,4-7,14,19H,3H2. The highest BCUT2D eigenvalue weighted by molar-refractivity contribution is 9.11. The van der Waals surface area contributed by atoms with Crippen LogP contribution in [0.5, 0.6) is 0 Å². The summed E-state index contributed by atoms with van der Waals surface area (Å²) in [4.78, 5) is 0. The van der Waals surface area contributed by atoms with Gasteiger partial charge in [-0.1, -0.05) is 47.8 Å². The average molecular weight is 453 g/mol. The van der Waals surface area contributed by atoms with Crippen LogP contribution in [0.4, 0.5) is 4.39 Å². The van der Waals surface area contributed by atoms with Gasteiger partial charge in [0, 0.05) is 19.8 Å². The molecule has 0 amide bonds. The van der Waals surface area contributed by atoms with Crippen molar-refractivity contribution in [3.8, 4) is 0 Å². The summed E-state index contributed by atoms with van der Waals surface area (Å²) in [7, 11) is 0. The first kappa shape index (κ1) is 15.2. The van der Waals surface area contributed by atoms with Crippen LogP contribution < -0.4 is 0 Å². The summed E-state index contributed by atoms with van der Waals surface area (Å²) < 4.78 is 15.7. The molecule has 1 nitrogen and oxygen atoms in total. The monoisotopic (exact) mass is 450 g/mol. The molecular weight excluding hydrogens is 443 g/mol. The van der Waals surface area contributed by atoms with Gasteiger partial charge < -0.3 is 5.11 Å². The van der Waals surface area contributed by atoms with Crippen LogP contribution in [0, 0.1) is 5.82 Å². The van der Waals surface area contributed by atoms with Crippen molar-refractivity contribution in [1.82, 2.24) is 0 Å². The van der Waals surface area contributed by atoms with Crippen molar-refractivity contribution in [1.29, 1.82) is 0 Å². The summed E-state index contributed by atoms with van der Waals surface area (Å²) in [5, 5.41) is 10.2. The van der Waals surface area contributed by atoms with Crippen LogP contribution in [-0.2, 0) is 6.42 Å². The Kier molecular flexibility index (Phi) is 5.17. The Morgan fingerprint density at radius 2 is 1.47 bits per heavy atom. The molecule has 5 heteroatoms. The van der Waals surface area contributed by atoms with Crippen LogP contribution in [0.2, 0.25) is 0 Å². The first-order valence-electron chi connectivity index (χ1n) is 5.53. The molecule has 0 aliphatic rings. The lowest BCUT2D eigenvalue weighted by Gasteiger charge is -2.12. The van der Waals surface area contributed by atoms with E-state index in [4.69, 9.17) is 0 Å². The lowest BCUT2D eigenvalue weighted by molar-refractivity contribution is 0.178. The molecule has 100 valence electrons. The highest BCUT2D eigenvalue weighted by Gasteiger charge is 2.11. The third-order valence-electron chi connectivity index (χ3n) is 2.62. The third kappa shape index (κ3) is 4.38. The number of rotatable bonds is 3. The number of hydrogen-bond donors (Lipinski definition) is 1. The Balaban J connectivity index is 2.22. The molecule has 1 unspecified atom stereocenters. The van der Waals surface area contributed by atoms with E-state index in [1.54, 1.807) is 6.07 Å². The van der Waals surface area contributed by atoms with Gasteiger partial charge >= 0.3 is 0 Å². The topological polar surface area (TPSA) is 20.2 Å². The quantitative estimate of drug-likeness (QED) is 0.662. The SMILES string of the molecule is OC(Cc1cc(F)cc(Br)c1)c1cc(Br)cc(Br)c1. The summed E-state index contributed by atoms with van der Waals surface area (Å²) >= 11 is 10.0. The molecule has 0 spiro atoms. The second kappa shape index (κ2) is 6.48. The summed E-state index contributed by atoms with van der Waals surface area (Å²) in [6.45, 7) is 0. The van der Waals surface area contributed by atoms with E-state index in [1.165, 1.54) is 12.1 Å². The second-order valence-corrected chi connectivity index (χ2v) is 6.95. The molecule has 0 aliphatic carbocycles. The molecule has 2 aromatic carbocycles. The van der Waals surface area contributed by atoms with Gasteiger partial charge in [0.1, 0.15) is 5.82 Å². The fraction of sp³-hybridized carbons (Fsp3) is 0.143. The number of aliphatic hydroxyl groups is 1. The zero-order chi connectivity index (χ0) is 14.0. The van der Waals surface area contributed by atoms with Crippen molar-refractivity contribution in [2.75, 3.05) is 0 Å². The normalized spacial score (nSPS) is 12.5. The predicted octanol–water partition coefficient (Wildman–Crippen LogP) is 5.39. The van der Waals surface area contributed by atoms with Gasteiger partial charge in [0.05, 0.1) is 6.10 Å². The van der Waals surface area contributed by atoms with Gasteiger partial charge in [-0.3, -0.25) is 0 Å². The van der Waals surface area contributed by atoms with Crippen LogP contribution in [0.3, 0.4) is 0 Å². The summed E-state index contributed by atoms with van der Waals surface area (Å²) in [6.07, 6.45) is -0.318. The minimum Gasteiger partial charge on any atom is -0.388 e. The van der Waals surface area contributed by atoms with Crippen molar-refractivity contribution in [3.63, 3.8) is 0 Å². The van der Waals surface area contributed by atoms with Gasteiger partial charge in [0.2, 0.25) is 0 Å². The molecule has 0 aliphatic heterocycles. The number of benzene rings is 2. The van der Waals surface area contributed by atoms with Gasteiger partial charge in [-0.15, -0.1) is 0 Å². The van der Waals surface area contributed by atoms with Crippen molar-refractivity contribution < 1.29 is 9.50 Å². The highest BCUT2D eigenvalue weighted by Crippen LogP contribution is 2.27. The molecule has 1 atom stereocenters. The van der Waals surface area contributed by atoms with Crippen LogP contribution in [0.25, 0.3) is 0 Å². The van der Waals surface area contributed by atoms with E-state index in [-0.39, 0.29) is 5.82 Å². The summed E-state index contributed by atoms with van der Waals surface area (Å²) in [6, 6.07) is 10.2. The number of halogens is 4. The third-order valence-corrected chi connectivity index (χ3v) is 3.99. The maximum Gasteiger partial charge on any atom is 0.124 e. The van der Waals surface area contributed by atoms with Crippen molar-refractivity contribution in [3.05, 3.63) is 66.8 Å². The van der Waals surface area contributed by atoms with Crippen molar-refractivity contribution >= 4 is 47.8 Å². The van der Waals surface area contributed by atoms with Crippen molar-refractivity contribution in [2.45, 2.75) is 12.5 Å². The smallest absolute Gasteiger partial charge is 0.124 e. The minimum absolute atomic E-state index is 0.313. The Bertz CT molecular complexity index is 561. The Hall–Kier alpha value is -0.230. The molecular formula is C14H10Br3FO. The van der Waals surface area contributed by atoms with Crippen LogP contribution >= 0.6 is 47.8 Å². The van der Waals surface area contributed by atoms with Crippen molar-refractivity contribution in [2.24, 2.45) is 0 Å². The molecule has 2 rings (SSSR count). The maximum atomic E-state index is 13.3. The molecule has 0 bridgehead atoms. The maximum absolute atomic E-state index is 13.3. The zero-order valence-electron chi connectivity index (χ0n) is 9.71. The van der Waals surface area contributed by atoms with E-state index in [0.29, 0.717) is 10.9 Å². The lowest BCUT2D eigenvalue weighted by Crippen LogP contribution is -2.02. The average Bonchev–Trinajstić information content (AvgIpc) is 2.25. The number of hydrogen-bond acceptors (Lipinski definition) is 1. The Labute approximate surface area is 136 Å². The summed E-state index contributed by atoms with van der Waals surface area (Å²) in [5.41, 5.74) is 1.53. The van der Waals surface area contributed by atoms with Gasteiger partial charge in [-0.2, -0.15) is 0 Å². The lowest BCUT2D eigenvalue weighted by atomic mass is 10.0. The Morgan fingerprint density at radius 3 is 2.05 bits per heavy atom. The first-order chi connectivity index (χ1) is 8.94. The molecule has 0 aromatic heterocycles. The van der Waals surface area contributed by atoms with E-state index >= 15 is 0 Å². The molecule has 19 heavy (non-hydrogen) atoms. The minimum atomic E-state index is -0.678. The molecule has 0 heterocycles.